The first kappa shape index (κ1) is 13.9. The summed E-state index contributed by atoms with van der Waals surface area (Å²) >= 11 is 0. The van der Waals surface area contributed by atoms with Gasteiger partial charge in [-0.05, 0) is 16.8 Å². The van der Waals surface area contributed by atoms with E-state index in [2.05, 4.69) is 0 Å². The van der Waals surface area contributed by atoms with Crippen LogP contribution in [0.4, 0.5) is 13.2 Å². The molecule has 0 radical (unpaired) electrons. The number of aromatic carboxylic acids is 2. The minimum atomic E-state index is -4.96. The van der Waals surface area contributed by atoms with E-state index in [0.717, 1.165) is 0 Å². The third kappa shape index (κ3) is 2.18. The Bertz CT molecular complexity index is 719. The molecule has 20 heavy (non-hydrogen) atoms. The number of carboxylic acid groups (broad SMARTS) is 2. The molecule has 0 saturated carbocycles. The van der Waals surface area contributed by atoms with Gasteiger partial charge in [-0.1, -0.05) is 24.3 Å². The summed E-state index contributed by atoms with van der Waals surface area (Å²) in [5, 5.41) is 18.0. The lowest BCUT2D eigenvalue weighted by Crippen LogP contribution is -2.18. The molecule has 2 aromatic carbocycles. The van der Waals surface area contributed by atoms with Gasteiger partial charge in [0, 0.05) is 0 Å². The molecule has 7 heteroatoms. The zero-order chi connectivity index (χ0) is 15.1. The molecule has 0 bridgehead atoms. The Morgan fingerprint density at radius 1 is 0.950 bits per heavy atom. The lowest BCUT2D eigenvalue weighted by atomic mass is 9.93. The van der Waals surface area contributed by atoms with Crippen molar-refractivity contribution in [3.63, 3.8) is 0 Å². The highest BCUT2D eigenvalue weighted by Crippen LogP contribution is 2.37. The standard InChI is InChI=1S/C13H7F3O4/c14-13(15,16)8-5-6-3-1-2-4-7(6)9(11(17)18)10(8)12(19)20/h1-5H,(H,17,18)(H,19,20). The average Bonchev–Trinajstić information content (AvgIpc) is 2.34. The number of benzene rings is 2. The van der Waals surface area contributed by atoms with Gasteiger partial charge in [-0.3, -0.25) is 0 Å². The molecule has 2 aromatic rings. The number of hydrogen-bond donors (Lipinski definition) is 2. The summed E-state index contributed by atoms with van der Waals surface area (Å²) in [5.41, 5.74) is -3.58. The van der Waals surface area contributed by atoms with E-state index in [9.17, 15) is 22.8 Å². The van der Waals surface area contributed by atoms with E-state index in [1.54, 1.807) is 0 Å². The van der Waals surface area contributed by atoms with E-state index in [0.29, 0.717) is 6.07 Å². The molecule has 0 spiro atoms. The predicted molar refractivity (Wildman–Crippen MR) is 62.9 cm³/mol. The third-order valence-electron chi connectivity index (χ3n) is 2.78. The van der Waals surface area contributed by atoms with Crippen LogP contribution in [0.3, 0.4) is 0 Å². The molecule has 2 N–H and O–H groups in total. The summed E-state index contributed by atoms with van der Waals surface area (Å²) in [6.07, 6.45) is -4.96. The number of fused-ring (bicyclic) bond motifs is 1. The second-order valence-electron chi connectivity index (χ2n) is 4.00. The molecule has 2 rings (SSSR count). The number of carboxylic acids is 2. The Balaban J connectivity index is 3.04. The van der Waals surface area contributed by atoms with Crippen LogP contribution in [0.5, 0.6) is 0 Å². The SMILES string of the molecule is O=C(O)c1c(C(F)(F)F)cc2ccccc2c1C(=O)O. The molecule has 0 saturated heterocycles. The Morgan fingerprint density at radius 2 is 1.50 bits per heavy atom. The van der Waals surface area contributed by atoms with Gasteiger partial charge in [0.1, 0.15) is 0 Å². The van der Waals surface area contributed by atoms with Crippen molar-refractivity contribution in [3.05, 3.63) is 47.0 Å². The normalized spacial score (nSPS) is 11.6. The van der Waals surface area contributed by atoms with Gasteiger partial charge in [0.05, 0.1) is 16.7 Å². The van der Waals surface area contributed by atoms with Crippen LogP contribution in [0.2, 0.25) is 0 Å². The Kier molecular flexibility index (Phi) is 3.13. The summed E-state index contributed by atoms with van der Waals surface area (Å²) in [4.78, 5) is 22.3. The smallest absolute Gasteiger partial charge is 0.417 e. The van der Waals surface area contributed by atoms with Gasteiger partial charge in [-0.15, -0.1) is 0 Å². The lowest BCUT2D eigenvalue weighted by molar-refractivity contribution is -0.138. The lowest BCUT2D eigenvalue weighted by Gasteiger charge is -2.14. The van der Waals surface area contributed by atoms with Crippen molar-refractivity contribution in [1.29, 1.82) is 0 Å². The number of carbonyl (C=O) groups is 2. The maximum absolute atomic E-state index is 12.9. The maximum atomic E-state index is 12.9. The van der Waals surface area contributed by atoms with Crippen LogP contribution in [0.1, 0.15) is 26.3 Å². The number of halogens is 3. The molecule has 0 aliphatic rings. The van der Waals surface area contributed by atoms with Crippen molar-refractivity contribution in [2.75, 3.05) is 0 Å². The van der Waals surface area contributed by atoms with Crippen molar-refractivity contribution in [2.45, 2.75) is 6.18 Å². The number of hydrogen-bond acceptors (Lipinski definition) is 2. The molecule has 0 aromatic heterocycles. The van der Waals surface area contributed by atoms with E-state index in [1.165, 1.54) is 24.3 Å². The zero-order valence-corrected chi connectivity index (χ0v) is 9.73. The van der Waals surface area contributed by atoms with Crippen molar-refractivity contribution >= 4 is 22.7 Å². The van der Waals surface area contributed by atoms with E-state index in [4.69, 9.17) is 10.2 Å². The summed E-state index contributed by atoms with van der Waals surface area (Å²) in [5.74, 6) is -3.65. The van der Waals surface area contributed by atoms with Gasteiger partial charge in [0.2, 0.25) is 0 Å². The first-order valence-electron chi connectivity index (χ1n) is 5.33. The fourth-order valence-electron chi connectivity index (χ4n) is 2.02. The van der Waals surface area contributed by atoms with Gasteiger partial charge in [-0.2, -0.15) is 13.2 Å². The van der Waals surface area contributed by atoms with Crippen LogP contribution < -0.4 is 0 Å². The van der Waals surface area contributed by atoms with E-state index in [1.807, 2.05) is 0 Å². The van der Waals surface area contributed by atoms with E-state index in [-0.39, 0.29) is 10.8 Å². The Morgan fingerprint density at radius 3 is 2.00 bits per heavy atom. The molecule has 0 aliphatic carbocycles. The van der Waals surface area contributed by atoms with Crippen LogP contribution in [-0.2, 0) is 6.18 Å². The highest BCUT2D eigenvalue weighted by atomic mass is 19.4. The van der Waals surface area contributed by atoms with E-state index >= 15 is 0 Å². The van der Waals surface area contributed by atoms with Gasteiger partial charge >= 0.3 is 18.1 Å². The van der Waals surface area contributed by atoms with Gasteiger partial charge in [-0.25, -0.2) is 9.59 Å². The van der Waals surface area contributed by atoms with Crippen molar-refractivity contribution in [3.8, 4) is 0 Å². The van der Waals surface area contributed by atoms with E-state index < -0.39 is 34.8 Å². The molecule has 0 heterocycles. The minimum Gasteiger partial charge on any atom is -0.478 e. The molecule has 0 atom stereocenters. The summed E-state index contributed by atoms with van der Waals surface area (Å²) < 4.78 is 38.8. The Labute approximate surface area is 110 Å². The average molecular weight is 284 g/mol. The summed E-state index contributed by atoms with van der Waals surface area (Å²) in [7, 11) is 0. The quantitative estimate of drug-likeness (QED) is 0.887. The molecule has 0 amide bonds. The van der Waals surface area contributed by atoms with Gasteiger partial charge < -0.3 is 10.2 Å². The first-order chi connectivity index (χ1) is 9.23. The number of rotatable bonds is 2. The van der Waals surface area contributed by atoms with Crippen LogP contribution in [-0.4, -0.2) is 22.2 Å². The molecular formula is C13H7F3O4. The van der Waals surface area contributed by atoms with Crippen LogP contribution >= 0.6 is 0 Å². The fourth-order valence-corrected chi connectivity index (χ4v) is 2.02. The first-order valence-corrected chi connectivity index (χ1v) is 5.33. The monoisotopic (exact) mass is 284 g/mol. The third-order valence-corrected chi connectivity index (χ3v) is 2.78. The van der Waals surface area contributed by atoms with Crippen molar-refractivity contribution < 1.29 is 33.0 Å². The minimum absolute atomic E-state index is 0.0159. The molecule has 4 nitrogen and oxygen atoms in total. The fraction of sp³-hybridized carbons (Fsp3) is 0.0769. The summed E-state index contributed by atoms with van der Waals surface area (Å²) in [6, 6.07) is 6.07. The molecule has 104 valence electrons. The van der Waals surface area contributed by atoms with Crippen LogP contribution in [0.15, 0.2) is 30.3 Å². The van der Waals surface area contributed by atoms with Crippen molar-refractivity contribution in [1.82, 2.24) is 0 Å². The predicted octanol–water partition coefficient (Wildman–Crippen LogP) is 3.26. The summed E-state index contributed by atoms with van der Waals surface area (Å²) in [6.45, 7) is 0. The molecule has 0 aliphatic heterocycles. The second kappa shape index (κ2) is 4.52. The van der Waals surface area contributed by atoms with Crippen molar-refractivity contribution in [2.24, 2.45) is 0 Å². The second-order valence-corrected chi connectivity index (χ2v) is 4.00. The highest BCUT2D eigenvalue weighted by Gasteiger charge is 2.38. The largest absolute Gasteiger partial charge is 0.478 e. The maximum Gasteiger partial charge on any atom is 0.417 e. The van der Waals surface area contributed by atoms with Crippen LogP contribution in [0.25, 0.3) is 10.8 Å². The molecule has 0 unspecified atom stereocenters. The topological polar surface area (TPSA) is 74.6 Å². The highest BCUT2D eigenvalue weighted by molar-refractivity contribution is 6.12. The molecular weight excluding hydrogens is 277 g/mol. The van der Waals surface area contributed by atoms with Gasteiger partial charge in [0.25, 0.3) is 0 Å². The Hall–Kier alpha value is -2.57. The van der Waals surface area contributed by atoms with Crippen LogP contribution in [0, 0.1) is 0 Å². The molecule has 0 fully saturated rings. The number of alkyl halides is 3. The zero-order valence-electron chi connectivity index (χ0n) is 9.73. The van der Waals surface area contributed by atoms with Gasteiger partial charge in [0.15, 0.2) is 0 Å².